The summed E-state index contributed by atoms with van der Waals surface area (Å²) in [6.45, 7) is 7.29. The predicted octanol–water partition coefficient (Wildman–Crippen LogP) is 1.35. The maximum Gasteiger partial charge on any atom is 0.344 e. The standard InChI is InChI=1S/C16H26N4O3S/c1-11-6-12(2)8-19(7-11)14(21)10-24-16-18-17-15(22)20(16)9-13-4-3-5-23-13/h11-13H,3-10H2,1-2H3,(H,17,22). The molecular formula is C16H26N4O3S. The Balaban J connectivity index is 1.58. The van der Waals surface area contributed by atoms with Crippen molar-refractivity contribution in [3.05, 3.63) is 10.5 Å². The summed E-state index contributed by atoms with van der Waals surface area (Å²) in [5, 5.41) is 7.12. The number of hydrogen-bond acceptors (Lipinski definition) is 5. The zero-order chi connectivity index (χ0) is 17.1. The number of piperidine rings is 1. The highest BCUT2D eigenvalue weighted by molar-refractivity contribution is 7.99. The van der Waals surface area contributed by atoms with Crippen LogP contribution in [0.25, 0.3) is 0 Å². The average Bonchev–Trinajstić information content (AvgIpc) is 3.16. The van der Waals surface area contributed by atoms with Crippen LogP contribution in [0.15, 0.2) is 9.95 Å². The fraction of sp³-hybridized carbons (Fsp3) is 0.812. The van der Waals surface area contributed by atoms with Gasteiger partial charge in [0.2, 0.25) is 5.91 Å². The lowest BCUT2D eigenvalue weighted by molar-refractivity contribution is -0.130. The fourth-order valence-corrected chi connectivity index (χ4v) is 4.51. The number of likely N-dealkylation sites (tertiary alicyclic amines) is 1. The minimum absolute atomic E-state index is 0.0687. The van der Waals surface area contributed by atoms with Gasteiger partial charge in [0.05, 0.1) is 18.4 Å². The van der Waals surface area contributed by atoms with Crippen molar-refractivity contribution in [2.75, 3.05) is 25.4 Å². The molecule has 1 aromatic rings. The SMILES string of the molecule is CC1CC(C)CN(C(=O)CSc2n[nH]c(=O)n2CC2CCCO2)C1. The maximum absolute atomic E-state index is 12.5. The van der Waals surface area contributed by atoms with E-state index in [4.69, 9.17) is 4.74 Å². The average molecular weight is 354 g/mol. The number of hydrogen-bond donors (Lipinski definition) is 1. The van der Waals surface area contributed by atoms with Crippen LogP contribution in [-0.4, -0.2) is 57.1 Å². The summed E-state index contributed by atoms with van der Waals surface area (Å²) in [6.07, 6.45) is 3.24. The first-order valence-electron chi connectivity index (χ1n) is 8.70. The van der Waals surface area contributed by atoms with Crippen LogP contribution in [0.3, 0.4) is 0 Å². The third kappa shape index (κ3) is 4.22. The van der Waals surface area contributed by atoms with Gasteiger partial charge in [-0.3, -0.25) is 9.36 Å². The highest BCUT2D eigenvalue weighted by Gasteiger charge is 2.26. The molecule has 2 fully saturated rings. The van der Waals surface area contributed by atoms with Gasteiger partial charge in [0.25, 0.3) is 0 Å². The van der Waals surface area contributed by atoms with E-state index < -0.39 is 0 Å². The molecule has 3 heterocycles. The number of aromatic nitrogens is 3. The minimum atomic E-state index is -0.235. The van der Waals surface area contributed by atoms with Crippen molar-refractivity contribution in [3.8, 4) is 0 Å². The summed E-state index contributed by atoms with van der Waals surface area (Å²) in [7, 11) is 0. The van der Waals surface area contributed by atoms with Gasteiger partial charge in [0, 0.05) is 19.7 Å². The van der Waals surface area contributed by atoms with Crippen LogP contribution in [0.1, 0.15) is 33.1 Å². The Labute approximate surface area is 146 Å². The number of amides is 1. The molecule has 134 valence electrons. The van der Waals surface area contributed by atoms with Crippen LogP contribution in [0.4, 0.5) is 0 Å². The van der Waals surface area contributed by atoms with Gasteiger partial charge in [-0.05, 0) is 31.1 Å². The first-order chi connectivity index (χ1) is 11.5. The molecule has 0 aliphatic carbocycles. The summed E-state index contributed by atoms with van der Waals surface area (Å²) in [6, 6.07) is 0. The summed E-state index contributed by atoms with van der Waals surface area (Å²) in [5.74, 6) is 1.53. The van der Waals surface area contributed by atoms with E-state index in [1.54, 1.807) is 4.57 Å². The van der Waals surface area contributed by atoms with Crippen LogP contribution in [0.2, 0.25) is 0 Å². The van der Waals surface area contributed by atoms with Crippen LogP contribution in [0.5, 0.6) is 0 Å². The van der Waals surface area contributed by atoms with Crippen molar-refractivity contribution in [1.82, 2.24) is 19.7 Å². The van der Waals surface area contributed by atoms with Crippen molar-refractivity contribution in [2.24, 2.45) is 11.8 Å². The Hall–Kier alpha value is -1.28. The van der Waals surface area contributed by atoms with Crippen molar-refractivity contribution >= 4 is 17.7 Å². The van der Waals surface area contributed by atoms with E-state index in [-0.39, 0.29) is 17.7 Å². The summed E-state index contributed by atoms with van der Waals surface area (Å²) >= 11 is 1.33. The van der Waals surface area contributed by atoms with Gasteiger partial charge >= 0.3 is 5.69 Å². The Bertz CT molecular complexity index is 613. The molecule has 7 nitrogen and oxygen atoms in total. The molecule has 3 unspecified atom stereocenters. The van der Waals surface area contributed by atoms with E-state index in [0.29, 0.717) is 29.3 Å². The third-order valence-electron chi connectivity index (χ3n) is 4.68. The Morgan fingerprint density at radius 1 is 1.38 bits per heavy atom. The quantitative estimate of drug-likeness (QED) is 0.807. The van der Waals surface area contributed by atoms with Gasteiger partial charge in [-0.15, -0.1) is 5.10 Å². The largest absolute Gasteiger partial charge is 0.376 e. The van der Waals surface area contributed by atoms with Crippen LogP contribution in [-0.2, 0) is 16.1 Å². The number of carbonyl (C=O) groups excluding carboxylic acids is 1. The second-order valence-electron chi connectivity index (χ2n) is 7.09. The number of rotatable bonds is 5. The topological polar surface area (TPSA) is 80.2 Å². The molecule has 0 spiro atoms. The summed E-state index contributed by atoms with van der Waals surface area (Å²) in [5.41, 5.74) is -0.235. The smallest absolute Gasteiger partial charge is 0.344 e. The Kier molecular flexibility index (Phi) is 5.65. The molecule has 3 atom stereocenters. The molecule has 0 aromatic carbocycles. The summed E-state index contributed by atoms with van der Waals surface area (Å²) < 4.78 is 7.19. The number of nitrogens with one attached hydrogen (secondary N) is 1. The third-order valence-corrected chi connectivity index (χ3v) is 5.64. The van der Waals surface area contributed by atoms with Crippen LogP contribution < -0.4 is 5.69 Å². The maximum atomic E-state index is 12.5. The number of nitrogens with zero attached hydrogens (tertiary/aromatic N) is 3. The fourth-order valence-electron chi connectivity index (χ4n) is 3.65. The molecule has 0 bridgehead atoms. The lowest BCUT2D eigenvalue weighted by atomic mass is 9.92. The Morgan fingerprint density at radius 2 is 2.12 bits per heavy atom. The van der Waals surface area contributed by atoms with Crippen molar-refractivity contribution in [1.29, 1.82) is 0 Å². The molecule has 0 saturated carbocycles. The molecule has 1 N–H and O–H groups in total. The van der Waals surface area contributed by atoms with E-state index >= 15 is 0 Å². The monoisotopic (exact) mass is 354 g/mol. The minimum Gasteiger partial charge on any atom is -0.376 e. The van der Waals surface area contributed by atoms with Gasteiger partial charge in [-0.1, -0.05) is 25.6 Å². The summed E-state index contributed by atoms with van der Waals surface area (Å²) in [4.78, 5) is 26.4. The molecule has 2 aliphatic heterocycles. The predicted molar refractivity (Wildman–Crippen MR) is 92.1 cm³/mol. The molecule has 8 heteroatoms. The van der Waals surface area contributed by atoms with E-state index in [2.05, 4.69) is 24.0 Å². The van der Waals surface area contributed by atoms with Gasteiger partial charge in [-0.25, -0.2) is 9.89 Å². The van der Waals surface area contributed by atoms with E-state index in [9.17, 15) is 9.59 Å². The highest BCUT2D eigenvalue weighted by Crippen LogP contribution is 2.23. The lowest BCUT2D eigenvalue weighted by Gasteiger charge is -2.34. The molecule has 24 heavy (non-hydrogen) atoms. The zero-order valence-corrected chi connectivity index (χ0v) is 15.2. The van der Waals surface area contributed by atoms with Crippen molar-refractivity contribution in [2.45, 2.75) is 50.9 Å². The number of aromatic amines is 1. The van der Waals surface area contributed by atoms with Crippen LogP contribution in [0, 0.1) is 11.8 Å². The van der Waals surface area contributed by atoms with Crippen LogP contribution >= 0.6 is 11.8 Å². The molecular weight excluding hydrogens is 328 g/mol. The van der Waals surface area contributed by atoms with Gasteiger partial charge in [-0.2, -0.15) is 0 Å². The number of carbonyl (C=O) groups is 1. The second kappa shape index (κ2) is 7.74. The molecule has 0 radical (unpaired) electrons. The number of thioether (sulfide) groups is 1. The molecule has 2 aliphatic rings. The Morgan fingerprint density at radius 3 is 2.79 bits per heavy atom. The number of H-pyrrole nitrogens is 1. The normalized spacial score (nSPS) is 27.6. The van der Waals surface area contributed by atoms with Gasteiger partial charge in [0.1, 0.15) is 0 Å². The first-order valence-corrected chi connectivity index (χ1v) is 9.69. The van der Waals surface area contributed by atoms with E-state index in [0.717, 1.165) is 32.5 Å². The zero-order valence-electron chi connectivity index (χ0n) is 14.4. The molecule has 1 aromatic heterocycles. The molecule has 2 saturated heterocycles. The van der Waals surface area contributed by atoms with Gasteiger partial charge in [0.15, 0.2) is 5.16 Å². The second-order valence-corrected chi connectivity index (χ2v) is 8.03. The van der Waals surface area contributed by atoms with Crippen molar-refractivity contribution in [3.63, 3.8) is 0 Å². The molecule has 1 amide bonds. The van der Waals surface area contributed by atoms with E-state index in [1.807, 2.05) is 4.90 Å². The van der Waals surface area contributed by atoms with Crippen molar-refractivity contribution < 1.29 is 9.53 Å². The van der Waals surface area contributed by atoms with Gasteiger partial charge < -0.3 is 9.64 Å². The number of ether oxygens (including phenoxy) is 1. The first kappa shape index (κ1) is 17.5. The lowest BCUT2D eigenvalue weighted by Crippen LogP contribution is -2.43. The van der Waals surface area contributed by atoms with E-state index in [1.165, 1.54) is 18.2 Å². The molecule has 3 rings (SSSR count). The highest BCUT2D eigenvalue weighted by atomic mass is 32.2.